The highest BCUT2D eigenvalue weighted by molar-refractivity contribution is 5.98. The first kappa shape index (κ1) is 11.0. The van der Waals surface area contributed by atoms with Crippen LogP contribution in [0.25, 0.3) is 0 Å². The van der Waals surface area contributed by atoms with E-state index in [1.165, 1.54) is 0 Å². The van der Waals surface area contributed by atoms with Crippen molar-refractivity contribution in [2.45, 2.75) is 18.9 Å². The van der Waals surface area contributed by atoms with E-state index < -0.39 is 0 Å². The van der Waals surface area contributed by atoms with Gasteiger partial charge in [0, 0.05) is 24.8 Å². The molecular formula is C12H17N3O. The van der Waals surface area contributed by atoms with Crippen molar-refractivity contribution in [1.29, 1.82) is 0 Å². The van der Waals surface area contributed by atoms with Gasteiger partial charge in [0.1, 0.15) is 0 Å². The molecule has 1 saturated heterocycles. The fraction of sp³-hybridized carbons (Fsp3) is 0.417. The third-order valence-corrected chi connectivity index (χ3v) is 2.97. The minimum Gasteiger partial charge on any atom is -0.369 e. The summed E-state index contributed by atoms with van der Waals surface area (Å²) in [6.07, 6.45) is 2.11. The number of anilines is 1. The largest absolute Gasteiger partial charge is 0.369 e. The van der Waals surface area contributed by atoms with Crippen LogP contribution in [0.1, 0.15) is 23.2 Å². The lowest BCUT2D eigenvalue weighted by atomic mass is 10.0. The molecule has 1 atom stereocenters. The van der Waals surface area contributed by atoms with Gasteiger partial charge >= 0.3 is 0 Å². The van der Waals surface area contributed by atoms with Gasteiger partial charge in [-0.2, -0.15) is 0 Å². The van der Waals surface area contributed by atoms with Crippen LogP contribution in [0.3, 0.4) is 0 Å². The van der Waals surface area contributed by atoms with E-state index in [1.807, 2.05) is 18.2 Å². The Morgan fingerprint density at radius 3 is 2.81 bits per heavy atom. The van der Waals surface area contributed by atoms with Crippen LogP contribution < -0.4 is 16.4 Å². The van der Waals surface area contributed by atoms with Crippen molar-refractivity contribution in [3.05, 3.63) is 29.8 Å². The Hall–Kier alpha value is -1.55. The predicted molar refractivity (Wildman–Crippen MR) is 64.4 cm³/mol. The fourth-order valence-corrected chi connectivity index (χ4v) is 2.19. The van der Waals surface area contributed by atoms with Crippen LogP contribution in [0, 0.1) is 0 Å². The van der Waals surface area contributed by atoms with Crippen molar-refractivity contribution < 1.29 is 4.79 Å². The number of nitrogens with zero attached hydrogens (tertiary/aromatic N) is 1. The molecule has 1 heterocycles. The molecule has 1 aliphatic rings. The van der Waals surface area contributed by atoms with Crippen LogP contribution in [-0.2, 0) is 0 Å². The fourth-order valence-electron chi connectivity index (χ4n) is 2.19. The van der Waals surface area contributed by atoms with Gasteiger partial charge in [0.15, 0.2) is 0 Å². The second kappa shape index (κ2) is 4.53. The molecular weight excluding hydrogens is 202 g/mol. The molecule has 2 rings (SSSR count). The molecule has 1 fully saturated rings. The topological polar surface area (TPSA) is 72.4 Å². The van der Waals surface area contributed by atoms with Crippen LogP contribution in [0.15, 0.2) is 24.3 Å². The van der Waals surface area contributed by atoms with Crippen LogP contribution >= 0.6 is 0 Å². The van der Waals surface area contributed by atoms with Gasteiger partial charge in [-0.15, -0.1) is 0 Å². The van der Waals surface area contributed by atoms with Crippen molar-refractivity contribution in [2.75, 3.05) is 18.0 Å². The quantitative estimate of drug-likeness (QED) is 0.769. The Morgan fingerprint density at radius 2 is 2.12 bits per heavy atom. The van der Waals surface area contributed by atoms with Gasteiger partial charge in [-0.25, -0.2) is 0 Å². The lowest BCUT2D eigenvalue weighted by molar-refractivity contribution is 0.100. The molecule has 0 radical (unpaired) electrons. The Kier molecular flexibility index (Phi) is 3.10. The standard InChI is InChI=1S/C12H17N3O/c13-9-4-3-7-15(8-9)11-6-2-1-5-10(11)12(14)16/h1-2,5-6,9H,3-4,7-8,13H2,(H2,14,16)/t9-/m0/s1. The normalized spacial score (nSPS) is 20.8. The summed E-state index contributed by atoms with van der Waals surface area (Å²) in [5.74, 6) is -0.380. The molecule has 1 aliphatic heterocycles. The van der Waals surface area contributed by atoms with E-state index in [0.29, 0.717) is 5.56 Å². The summed E-state index contributed by atoms with van der Waals surface area (Å²) in [4.78, 5) is 13.5. The lowest BCUT2D eigenvalue weighted by Crippen LogP contribution is -2.43. The number of benzene rings is 1. The van der Waals surface area contributed by atoms with Crippen molar-refractivity contribution in [3.63, 3.8) is 0 Å². The highest BCUT2D eigenvalue weighted by Crippen LogP contribution is 2.23. The summed E-state index contributed by atoms with van der Waals surface area (Å²) in [6, 6.07) is 7.63. The zero-order valence-electron chi connectivity index (χ0n) is 9.23. The lowest BCUT2D eigenvalue weighted by Gasteiger charge is -2.33. The number of hydrogen-bond acceptors (Lipinski definition) is 3. The van der Waals surface area contributed by atoms with E-state index in [0.717, 1.165) is 31.6 Å². The molecule has 4 nitrogen and oxygen atoms in total. The molecule has 1 amide bonds. The summed E-state index contributed by atoms with van der Waals surface area (Å²) in [6.45, 7) is 1.74. The van der Waals surface area contributed by atoms with Crippen molar-refractivity contribution >= 4 is 11.6 Å². The number of rotatable bonds is 2. The molecule has 0 aromatic heterocycles. The Morgan fingerprint density at radius 1 is 1.38 bits per heavy atom. The summed E-state index contributed by atoms with van der Waals surface area (Å²) in [5, 5.41) is 0. The summed E-state index contributed by atoms with van der Waals surface area (Å²) >= 11 is 0. The molecule has 0 unspecified atom stereocenters. The second-order valence-corrected chi connectivity index (χ2v) is 4.23. The number of carbonyl (C=O) groups excluding carboxylic acids is 1. The van der Waals surface area contributed by atoms with Crippen molar-refractivity contribution in [3.8, 4) is 0 Å². The number of piperidine rings is 1. The smallest absolute Gasteiger partial charge is 0.250 e. The molecule has 1 aromatic rings. The van der Waals surface area contributed by atoms with E-state index in [1.54, 1.807) is 6.07 Å². The number of carbonyl (C=O) groups is 1. The number of amides is 1. The van der Waals surface area contributed by atoms with Gasteiger partial charge in [-0.3, -0.25) is 4.79 Å². The van der Waals surface area contributed by atoms with E-state index in [-0.39, 0.29) is 11.9 Å². The third kappa shape index (κ3) is 2.17. The van der Waals surface area contributed by atoms with E-state index in [2.05, 4.69) is 4.90 Å². The van der Waals surface area contributed by atoms with Crippen LogP contribution in [0.4, 0.5) is 5.69 Å². The first-order chi connectivity index (χ1) is 7.68. The van der Waals surface area contributed by atoms with E-state index in [4.69, 9.17) is 11.5 Å². The van der Waals surface area contributed by atoms with E-state index >= 15 is 0 Å². The molecule has 0 aliphatic carbocycles. The molecule has 4 N–H and O–H groups in total. The Labute approximate surface area is 95.2 Å². The SMILES string of the molecule is NC(=O)c1ccccc1N1CCC[C@H](N)C1. The first-order valence-corrected chi connectivity index (χ1v) is 5.58. The van der Waals surface area contributed by atoms with Gasteiger partial charge in [0.25, 0.3) is 5.91 Å². The molecule has 4 heteroatoms. The second-order valence-electron chi connectivity index (χ2n) is 4.23. The summed E-state index contributed by atoms with van der Waals surface area (Å²) in [5.41, 5.74) is 12.8. The van der Waals surface area contributed by atoms with Gasteiger partial charge in [0.2, 0.25) is 0 Å². The molecule has 0 bridgehead atoms. The van der Waals surface area contributed by atoms with Crippen LogP contribution in [0.2, 0.25) is 0 Å². The van der Waals surface area contributed by atoms with E-state index in [9.17, 15) is 4.79 Å². The number of nitrogens with two attached hydrogens (primary N) is 2. The number of para-hydroxylation sites is 1. The zero-order chi connectivity index (χ0) is 11.5. The summed E-state index contributed by atoms with van der Waals surface area (Å²) in [7, 11) is 0. The minimum absolute atomic E-state index is 0.190. The van der Waals surface area contributed by atoms with Gasteiger partial charge in [0.05, 0.1) is 5.56 Å². The molecule has 0 saturated carbocycles. The molecule has 0 spiro atoms. The van der Waals surface area contributed by atoms with Crippen molar-refractivity contribution in [2.24, 2.45) is 11.5 Å². The van der Waals surface area contributed by atoms with Gasteiger partial charge in [-0.1, -0.05) is 12.1 Å². The third-order valence-electron chi connectivity index (χ3n) is 2.97. The maximum atomic E-state index is 11.3. The maximum absolute atomic E-state index is 11.3. The molecule has 16 heavy (non-hydrogen) atoms. The Balaban J connectivity index is 2.28. The molecule has 1 aromatic carbocycles. The number of primary amides is 1. The average molecular weight is 219 g/mol. The number of hydrogen-bond donors (Lipinski definition) is 2. The highest BCUT2D eigenvalue weighted by Gasteiger charge is 2.20. The average Bonchev–Trinajstić information content (AvgIpc) is 2.29. The van der Waals surface area contributed by atoms with Gasteiger partial charge < -0.3 is 16.4 Å². The highest BCUT2D eigenvalue weighted by atomic mass is 16.1. The van der Waals surface area contributed by atoms with Gasteiger partial charge in [-0.05, 0) is 25.0 Å². The Bertz CT molecular complexity index is 392. The first-order valence-electron chi connectivity index (χ1n) is 5.58. The summed E-state index contributed by atoms with van der Waals surface area (Å²) < 4.78 is 0. The van der Waals surface area contributed by atoms with Crippen LogP contribution in [-0.4, -0.2) is 25.0 Å². The predicted octanol–water partition coefficient (Wildman–Crippen LogP) is 0.713. The zero-order valence-corrected chi connectivity index (χ0v) is 9.23. The molecule has 86 valence electrons. The minimum atomic E-state index is -0.380. The maximum Gasteiger partial charge on any atom is 0.250 e. The van der Waals surface area contributed by atoms with Crippen LogP contribution in [0.5, 0.6) is 0 Å². The van der Waals surface area contributed by atoms with Crippen molar-refractivity contribution in [1.82, 2.24) is 0 Å². The monoisotopic (exact) mass is 219 g/mol.